The van der Waals surface area contributed by atoms with Crippen LogP contribution in [0.2, 0.25) is 0 Å². The van der Waals surface area contributed by atoms with Crippen molar-refractivity contribution >= 4 is 23.8 Å². The van der Waals surface area contributed by atoms with E-state index in [-0.39, 0.29) is 24.5 Å². The van der Waals surface area contributed by atoms with Gasteiger partial charge in [-0.3, -0.25) is 14.4 Å². The van der Waals surface area contributed by atoms with Crippen molar-refractivity contribution in [1.29, 1.82) is 0 Å². The summed E-state index contributed by atoms with van der Waals surface area (Å²) in [6.07, 6.45) is 46.7. The highest BCUT2D eigenvalue weighted by atomic mass is 16.5. The van der Waals surface area contributed by atoms with Gasteiger partial charge in [-0.2, -0.15) is 0 Å². The van der Waals surface area contributed by atoms with Crippen LogP contribution in [0.4, 0.5) is 0 Å². The number of carbonyl (C=O) groups excluding carboxylic acids is 3. The van der Waals surface area contributed by atoms with Crippen molar-refractivity contribution in [1.82, 2.24) is 10.6 Å². The van der Waals surface area contributed by atoms with Crippen LogP contribution in [0.15, 0.2) is 12.2 Å². The maximum absolute atomic E-state index is 12.8. The number of aliphatic carboxylic acids is 1. The largest absolute Gasteiger partial charge is 0.480 e. The van der Waals surface area contributed by atoms with Crippen LogP contribution in [0.1, 0.15) is 245 Å². The molecule has 0 aliphatic rings. The Balaban J connectivity index is 4.26. The van der Waals surface area contributed by atoms with Gasteiger partial charge < -0.3 is 25.6 Å². The lowest BCUT2D eigenvalue weighted by Crippen LogP contribution is -2.47. The molecular formula is C48H90N2O7. The number of aliphatic hydroxyl groups excluding tert-OH is 1. The lowest BCUT2D eigenvalue weighted by atomic mass is 10.0. The molecule has 334 valence electrons. The molecule has 0 saturated heterocycles. The second kappa shape index (κ2) is 43.2. The number of unbranched alkanes of at least 4 members (excludes halogenated alkanes) is 28. The van der Waals surface area contributed by atoms with Crippen LogP contribution in [0.3, 0.4) is 0 Å². The van der Waals surface area contributed by atoms with Crippen molar-refractivity contribution < 1.29 is 34.1 Å². The van der Waals surface area contributed by atoms with E-state index in [1.165, 1.54) is 154 Å². The minimum absolute atomic E-state index is 0.0102. The fourth-order valence-corrected chi connectivity index (χ4v) is 7.30. The Hall–Kier alpha value is -2.42. The first-order chi connectivity index (χ1) is 27.8. The molecule has 0 spiro atoms. The average Bonchev–Trinajstić information content (AvgIpc) is 3.20. The lowest BCUT2D eigenvalue weighted by Gasteiger charge is -2.18. The first kappa shape index (κ1) is 54.6. The Kier molecular flexibility index (Phi) is 41.3. The third-order valence-corrected chi connectivity index (χ3v) is 11.0. The molecule has 2 amide bonds. The zero-order valence-corrected chi connectivity index (χ0v) is 37.1. The smallest absolute Gasteiger partial charge is 0.328 e. The quantitative estimate of drug-likeness (QED) is 0.0273. The summed E-state index contributed by atoms with van der Waals surface area (Å²) in [5, 5.41) is 22.6. The Morgan fingerprint density at radius 1 is 0.509 bits per heavy atom. The number of allylic oxidation sites excluding steroid dienone is 2. The second-order valence-corrected chi connectivity index (χ2v) is 16.6. The van der Waals surface area contributed by atoms with Crippen molar-refractivity contribution in [2.75, 3.05) is 13.2 Å². The summed E-state index contributed by atoms with van der Waals surface area (Å²) in [6, 6.07) is -1.38. The molecule has 0 aromatic carbocycles. The number of hydrogen-bond donors (Lipinski definition) is 4. The van der Waals surface area contributed by atoms with E-state index in [2.05, 4.69) is 36.6 Å². The standard InChI is InChI=1S/C48H90N2O7/c1-3-5-7-9-11-13-15-17-18-19-20-21-23-25-27-32-36-40-47(54)57-43(37-33-29-26-24-22-16-14-12-10-8-6-4-2)38-34-30-28-31-35-39-45(52)49-41-46(53)50-44(42-51)48(55)56/h17-18,43-44,51H,3-16,19-42H2,1-2H3,(H,49,52)(H,50,53)(H,55,56)/b18-17-. The number of carboxylic acids is 1. The van der Waals surface area contributed by atoms with Gasteiger partial charge in [-0.25, -0.2) is 4.79 Å². The number of hydrogen-bond acceptors (Lipinski definition) is 6. The number of carboxylic acid groups (broad SMARTS) is 1. The lowest BCUT2D eigenvalue weighted by molar-refractivity contribution is -0.150. The van der Waals surface area contributed by atoms with Crippen molar-refractivity contribution in [2.45, 2.75) is 257 Å². The van der Waals surface area contributed by atoms with Crippen LogP contribution in [-0.4, -0.2) is 59.3 Å². The third kappa shape index (κ3) is 40.2. The SMILES string of the molecule is CCCCCCCC/C=C\CCCCCCCCCC(=O)OC(CCCCCCCCCCCCCC)CCCCCCCC(=O)NCC(=O)NC(CO)C(=O)O. The van der Waals surface area contributed by atoms with E-state index in [9.17, 15) is 19.2 Å². The second-order valence-electron chi connectivity index (χ2n) is 16.6. The van der Waals surface area contributed by atoms with Gasteiger partial charge in [0.25, 0.3) is 0 Å². The predicted molar refractivity (Wildman–Crippen MR) is 236 cm³/mol. The van der Waals surface area contributed by atoms with Gasteiger partial charge in [0, 0.05) is 12.8 Å². The van der Waals surface area contributed by atoms with E-state index >= 15 is 0 Å². The van der Waals surface area contributed by atoms with Gasteiger partial charge in [0.1, 0.15) is 12.1 Å². The summed E-state index contributed by atoms with van der Waals surface area (Å²) in [5.74, 6) is -2.28. The molecule has 0 radical (unpaired) electrons. The molecule has 57 heavy (non-hydrogen) atoms. The summed E-state index contributed by atoms with van der Waals surface area (Å²) in [5.41, 5.74) is 0. The first-order valence-electron chi connectivity index (χ1n) is 24.1. The normalized spacial score (nSPS) is 12.5. The van der Waals surface area contributed by atoms with Crippen LogP contribution in [0, 0.1) is 0 Å². The van der Waals surface area contributed by atoms with Gasteiger partial charge in [-0.1, -0.05) is 180 Å². The van der Waals surface area contributed by atoms with E-state index < -0.39 is 24.5 Å². The molecule has 2 unspecified atom stereocenters. The summed E-state index contributed by atoms with van der Waals surface area (Å²) >= 11 is 0. The first-order valence-corrected chi connectivity index (χ1v) is 24.1. The number of nitrogens with one attached hydrogen (secondary N) is 2. The number of esters is 1. The van der Waals surface area contributed by atoms with E-state index in [1.807, 2.05) is 0 Å². The summed E-state index contributed by atoms with van der Waals surface area (Å²) < 4.78 is 6.05. The molecule has 2 atom stereocenters. The van der Waals surface area contributed by atoms with E-state index in [0.29, 0.717) is 19.3 Å². The summed E-state index contributed by atoms with van der Waals surface area (Å²) in [4.78, 5) is 47.7. The fraction of sp³-hybridized carbons (Fsp3) is 0.875. The zero-order chi connectivity index (χ0) is 41.9. The molecule has 9 nitrogen and oxygen atoms in total. The van der Waals surface area contributed by atoms with Gasteiger partial charge in [0.05, 0.1) is 13.2 Å². The van der Waals surface area contributed by atoms with Crippen LogP contribution in [0.5, 0.6) is 0 Å². The third-order valence-electron chi connectivity index (χ3n) is 11.0. The van der Waals surface area contributed by atoms with Crippen LogP contribution in [-0.2, 0) is 23.9 Å². The van der Waals surface area contributed by atoms with Gasteiger partial charge in [0.2, 0.25) is 11.8 Å². The molecule has 0 aliphatic heterocycles. The average molecular weight is 807 g/mol. The van der Waals surface area contributed by atoms with E-state index in [4.69, 9.17) is 14.9 Å². The van der Waals surface area contributed by atoms with Crippen molar-refractivity contribution in [2.24, 2.45) is 0 Å². The molecule has 0 heterocycles. The van der Waals surface area contributed by atoms with Crippen LogP contribution in [0.25, 0.3) is 0 Å². The number of rotatable bonds is 44. The van der Waals surface area contributed by atoms with Gasteiger partial charge in [-0.05, 0) is 64.2 Å². The minimum atomic E-state index is -1.38. The molecule has 9 heteroatoms. The molecule has 0 rings (SSSR count). The molecule has 0 fully saturated rings. The number of aliphatic hydroxyl groups is 1. The Labute approximate surface area is 350 Å². The topological polar surface area (TPSA) is 142 Å². The fourth-order valence-electron chi connectivity index (χ4n) is 7.30. The zero-order valence-electron chi connectivity index (χ0n) is 37.1. The Morgan fingerprint density at radius 3 is 1.32 bits per heavy atom. The summed E-state index contributed by atoms with van der Waals surface area (Å²) in [6.45, 7) is 3.50. The molecule has 0 bridgehead atoms. The number of ether oxygens (including phenoxy) is 1. The van der Waals surface area contributed by atoms with Gasteiger partial charge in [-0.15, -0.1) is 0 Å². The van der Waals surface area contributed by atoms with Crippen molar-refractivity contribution in [3.63, 3.8) is 0 Å². The minimum Gasteiger partial charge on any atom is -0.480 e. The Bertz CT molecular complexity index is 972. The maximum atomic E-state index is 12.8. The Morgan fingerprint density at radius 2 is 0.895 bits per heavy atom. The van der Waals surface area contributed by atoms with E-state index in [1.54, 1.807) is 0 Å². The maximum Gasteiger partial charge on any atom is 0.328 e. The predicted octanol–water partition coefficient (Wildman–Crippen LogP) is 12.2. The molecule has 0 aromatic rings. The molecule has 4 N–H and O–H groups in total. The van der Waals surface area contributed by atoms with Crippen molar-refractivity contribution in [3.05, 3.63) is 12.2 Å². The highest BCUT2D eigenvalue weighted by molar-refractivity contribution is 5.87. The highest BCUT2D eigenvalue weighted by Gasteiger charge is 2.19. The van der Waals surface area contributed by atoms with E-state index in [0.717, 1.165) is 57.8 Å². The van der Waals surface area contributed by atoms with Crippen molar-refractivity contribution in [3.8, 4) is 0 Å². The number of carbonyl (C=O) groups is 4. The van der Waals surface area contributed by atoms with Crippen LogP contribution >= 0.6 is 0 Å². The molecule has 0 saturated carbocycles. The van der Waals surface area contributed by atoms with Crippen LogP contribution < -0.4 is 10.6 Å². The molecular weight excluding hydrogens is 717 g/mol. The van der Waals surface area contributed by atoms with Gasteiger partial charge in [0.15, 0.2) is 0 Å². The monoisotopic (exact) mass is 807 g/mol. The summed E-state index contributed by atoms with van der Waals surface area (Å²) in [7, 11) is 0. The number of amides is 2. The highest BCUT2D eigenvalue weighted by Crippen LogP contribution is 2.19. The van der Waals surface area contributed by atoms with Gasteiger partial charge >= 0.3 is 11.9 Å². The molecule has 0 aliphatic carbocycles. The molecule has 0 aromatic heterocycles.